The van der Waals surface area contributed by atoms with E-state index in [-0.39, 0.29) is 23.7 Å². The van der Waals surface area contributed by atoms with Gasteiger partial charge in [-0.1, -0.05) is 6.92 Å². The number of nitrogens with zero attached hydrogens (tertiary/aromatic N) is 1. The Morgan fingerprint density at radius 1 is 1.38 bits per heavy atom. The molecule has 1 heterocycles. The summed E-state index contributed by atoms with van der Waals surface area (Å²) in [5.41, 5.74) is 0. The molecule has 0 aromatic heterocycles. The second kappa shape index (κ2) is 4.44. The van der Waals surface area contributed by atoms with Gasteiger partial charge in [0.25, 0.3) is 0 Å². The fraction of sp³-hybridized carbons (Fsp3) is 0.833. The third kappa shape index (κ3) is 2.20. The molecule has 2 aliphatic rings. The average molecular weight is 225 g/mol. The third-order valence-corrected chi connectivity index (χ3v) is 3.79. The normalized spacial score (nSPS) is 26.8. The van der Waals surface area contributed by atoms with E-state index in [1.807, 2.05) is 11.8 Å². The molecule has 1 saturated heterocycles. The fourth-order valence-electron chi connectivity index (χ4n) is 2.61. The first-order valence-electron chi connectivity index (χ1n) is 6.15. The molecule has 0 spiro atoms. The molecule has 2 rings (SSSR count). The highest BCUT2D eigenvalue weighted by atomic mass is 16.4. The van der Waals surface area contributed by atoms with E-state index in [2.05, 4.69) is 0 Å². The Morgan fingerprint density at radius 3 is 2.56 bits per heavy atom. The van der Waals surface area contributed by atoms with Gasteiger partial charge in [-0.15, -0.1) is 0 Å². The van der Waals surface area contributed by atoms with Gasteiger partial charge in [0.05, 0.1) is 5.92 Å². The maximum Gasteiger partial charge on any atom is 0.306 e. The van der Waals surface area contributed by atoms with Crippen molar-refractivity contribution in [2.45, 2.75) is 32.6 Å². The van der Waals surface area contributed by atoms with Gasteiger partial charge in [-0.25, -0.2) is 0 Å². The summed E-state index contributed by atoms with van der Waals surface area (Å²) >= 11 is 0. The number of rotatable bonds is 4. The lowest BCUT2D eigenvalue weighted by atomic mass is 9.89. The van der Waals surface area contributed by atoms with Crippen molar-refractivity contribution < 1.29 is 14.7 Å². The minimum absolute atomic E-state index is 0.158. The van der Waals surface area contributed by atoms with Crippen molar-refractivity contribution in [2.75, 3.05) is 13.1 Å². The number of carboxylic acids is 1. The molecule has 1 N–H and O–H groups in total. The minimum atomic E-state index is -0.715. The Kier molecular flexibility index (Phi) is 3.17. The number of amides is 1. The quantitative estimate of drug-likeness (QED) is 0.785. The van der Waals surface area contributed by atoms with E-state index in [4.69, 9.17) is 5.11 Å². The molecule has 1 amide bonds. The molecule has 1 saturated carbocycles. The first kappa shape index (κ1) is 11.4. The van der Waals surface area contributed by atoms with Crippen molar-refractivity contribution in [1.29, 1.82) is 0 Å². The number of hydrogen-bond donors (Lipinski definition) is 1. The maximum absolute atomic E-state index is 11.8. The highest BCUT2D eigenvalue weighted by Gasteiger charge is 2.39. The monoisotopic (exact) mass is 225 g/mol. The summed E-state index contributed by atoms with van der Waals surface area (Å²) in [5, 5.41) is 9.08. The smallest absolute Gasteiger partial charge is 0.306 e. The van der Waals surface area contributed by atoms with Crippen LogP contribution in [0, 0.1) is 17.8 Å². The molecule has 1 aliphatic heterocycles. The molecule has 4 heteroatoms. The fourth-order valence-corrected chi connectivity index (χ4v) is 2.61. The lowest BCUT2D eigenvalue weighted by Gasteiger charge is -2.19. The van der Waals surface area contributed by atoms with Crippen molar-refractivity contribution in [1.82, 2.24) is 4.90 Å². The van der Waals surface area contributed by atoms with Crippen LogP contribution in [0.15, 0.2) is 0 Å². The lowest BCUT2D eigenvalue weighted by Crippen LogP contribution is -2.32. The minimum Gasteiger partial charge on any atom is -0.481 e. The number of aliphatic carboxylic acids is 1. The number of likely N-dealkylation sites (tertiary alicyclic amines) is 1. The van der Waals surface area contributed by atoms with Crippen molar-refractivity contribution in [2.24, 2.45) is 17.8 Å². The second-order valence-electron chi connectivity index (χ2n) is 4.96. The van der Waals surface area contributed by atoms with Crippen LogP contribution >= 0.6 is 0 Å². The Hall–Kier alpha value is -1.06. The highest BCUT2D eigenvalue weighted by molar-refractivity contribution is 5.81. The van der Waals surface area contributed by atoms with Crippen LogP contribution in [-0.2, 0) is 9.59 Å². The van der Waals surface area contributed by atoms with Crippen LogP contribution in [0.25, 0.3) is 0 Å². The molecular weight excluding hydrogens is 206 g/mol. The molecular formula is C12H19NO3. The second-order valence-corrected chi connectivity index (χ2v) is 4.96. The molecule has 4 nitrogen and oxygen atoms in total. The van der Waals surface area contributed by atoms with Gasteiger partial charge in [-0.3, -0.25) is 9.59 Å². The van der Waals surface area contributed by atoms with Crippen molar-refractivity contribution in [3.63, 3.8) is 0 Å². The van der Waals surface area contributed by atoms with E-state index in [1.165, 1.54) is 0 Å². The Balaban J connectivity index is 1.91. The Labute approximate surface area is 95.6 Å². The zero-order valence-electron chi connectivity index (χ0n) is 9.69. The van der Waals surface area contributed by atoms with Gasteiger partial charge < -0.3 is 10.0 Å². The summed E-state index contributed by atoms with van der Waals surface area (Å²) in [6.45, 7) is 3.31. The molecule has 90 valence electrons. The van der Waals surface area contributed by atoms with Crippen molar-refractivity contribution in [3.8, 4) is 0 Å². The topological polar surface area (TPSA) is 57.6 Å². The van der Waals surface area contributed by atoms with Crippen molar-refractivity contribution >= 4 is 11.9 Å². The molecule has 0 aromatic carbocycles. The molecule has 0 radical (unpaired) electrons. The highest BCUT2D eigenvalue weighted by Crippen LogP contribution is 2.34. The summed E-state index contributed by atoms with van der Waals surface area (Å²) in [5.74, 6) is -0.332. The van der Waals surface area contributed by atoms with Gasteiger partial charge in [-0.2, -0.15) is 0 Å². The predicted octanol–water partition coefficient (Wildman–Crippen LogP) is 1.36. The number of carboxylic acid groups (broad SMARTS) is 1. The van der Waals surface area contributed by atoms with E-state index >= 15 is 0 Å². The molecule has 2 fully saturated rings. The number of hydrogen-bond acceptors (Lipinski definition) is 2. The van der Waals surface area contributed by atoms with Gasteiger partial charge in [0, 0.05) is 19.0 Å². The Bertz CT molecular complexity index is 299. The first-order chi connectivity index (χ1) is 7.63. The third-order valence-electron chi connectivity index (χ3n) is 3.79. The lowest BCUT2D eigenvalue weighted by molar-refractivity contribution is -0.144. The largest absolute Gasteiger partial charge is 0.481 e. The van der Waals surface area contributed by atoms with Crippen LogP contribution < -0.4 is 0 Å². The summed E-state index contributed by atoms with van der Waals surface area (Å²) in [4.78, 5) is 24.7. The first-order valence-corrected chi connectivity index (χ1v) is 6.15. The van der Waals surface area contributed by atoms with Crippen LogP contribution in [0.2, 0.25) is 0 Å². The Morgan fingerprint density at radius 2 is 2.06 bits per heavy atom. The SMILES string of the molecule is CCC(C(=O)O)C1CCN(C(=O)C2CC2)C1. The van der Waals surface area contributed by atoms with Gasteiger partial charge in [-0.05, 0) is 31.6 Å². The van der Waals surface area contributed by atoms with Crippen LogP contribution in [0.5, 0.6) is 0 Å². The molecule has 1 aliphatic carbocycles. The van der Waals surface area contributed by atoms with Crippen LogP contribution in [0.3, 0.4) is 0 Å². The standard InChI is InChI=1S/C12H19NO3/c1-2-10(12(15)16)9-5-6-13(7-9)11(14)8-3-4-8/h8-10H,2-7H2,1H3,(H,15,16). The summed E-state index contributed by atoms with van der Waals surface area (Å²) < 4.78 is 0. The summed E-state index contributed by atoms with van der Waals surface area (Å²) in [6.07, 6.45) is 3.56. The van der Waals surface area contributed by atoms with Gasteiger partial charge in [0.1, 0.15) is 0 Å². The van der Waals surface area contributed by atoms with E-state index in [0.29, 0.717) is 13.0 Å². The van der Waals surface area contributed by atoms with Crippen LogP contribution in [0.1, 0.15) is 32.6 Å². The van der Waals surface area contributed by atoms with Gasteiger partial charge >= 0.3 is 5.97 Å². The molecule has 16 heavy (non-hydrogen) atoms. The average Bonchev–Trinajstić information content (AvgIpc) is 2.98. The zero-order valence-corrected chi connectivity index (χ0v) is 9.69. The zero-order chi connectivity index (χ0) is 11.7. The van der Waals surface area contributed by atoms with Gasteiger partial charge in [0.15, 0.2) is 0 Å². The van der Waals surface area contributed by atoms with E-state index in [1.54, 1.807) is 0 Å². The molecule has 0 bridgehead atoms. The maximum atomic E-state index is 11.8. The molecule has 0 aromatic rings. The number of carbonyl (C=O) groups is 2. The number of carbonyl (C=O) groups excluding carboxylic acids is 1. The van der Waals surface area contributed by atoms with Crippen molar-refractivity contribution in [3.05, 3.63) is 0 Å². The van der Waals surface area contributed by atoms with E-state index in [0.717, 1.165) is 25.8 Å². The van der Waals surface area contributed by atoms with Crippen LogP contribution in [0.4, 0.5) is 0 Å². The van der Waals surface area contributed by atoms with E-state index in [9.17, 15) is 9.59 Å². The summed E-state index contributed by atoms with van der Waals surface area (Å²) in [7, 11) is 0. The summed E-state index contributed by atoms with van der Waals surface area (Å²) in [6, 6.07) is 0. The van der Waals surface area contributed by atoms with Crippen LogP contribution in [-0.4, -0.2) is 35.0 Å². The molecule has 2 unspecified atom stereocenters. The van der Waals surface area contributed by atoms with E-state index < -0.39 is 5.97 Å². The predicted molar refractivity (Wildman–Crippen MR) is 58.8 cm³/mol. The molecule has 2 atom stereocenters. The van der Waals surface area contributed by atoms with Gasteiger partial charge in [0.2, 0.25) is 5.91 Å².